The molecule has 0 amide bonds. The Morgan fingerprint density at radius 2 is 0.800 bits per heavy atom. The number of hydrogen-bond acceptors (Lipinski definition) is 6. The van der Waals surface area contributed by atoms with Gasteiger partial charge in [-0.05, 0) is 21.7 Å². The first kappa shape index (κ1) is 34.5. The SMILES string of the molecule is CC(C)(C)c1cccc(C(C)(C)C)c1OP(OCC(CO)(CO)CO)Oc1c(C(C)(C)C)cccc1C(C)(C)C. The first-order valence-corrected chi connectivity index (χ1v) is 15.2. The van der Waals surface area contributed by atoms with Crippen LogP contribution in [-0.2, 0) is 26.2 Å². The maximum atomic E-state index is 10.00. The van der Waals surface area contributed by atoms with Crippen molar-refractivity contribution in [3.8, 4) is 11.5 Å². The lowest BCUT2D eigenvalue weighted by atomic mass is 9.79. The van der Waals surface area contributed by atoms with E-state index in [2.05, 4.69) is 119 Å². The van der Waals surface area contributed by atoms with Crippen LogP contribution in [0.1, 0.15) is 105 Å². The predicted octanol–water partition coefficient (Wildman–Crippen LogP) is 7.54. The molecule has 0 bridgehead atoms. The molecule has 6 nitrogen and oxygen atoms in total. The summed E-state index contributed by atoms with van der Waals surface area (Å²) in [4.78, 5) is 0. The normalized spacial score (nSPS) is 13.6. The van der Waals surface area contributed by atoms with Gasteiger partial charge in [0.2, 0.25) is 0 Å². The molecule has 0 aliphatic rings. The van der Waals surface area contributed by atoms with E-state index in [-0.39, 0.29) is 28.3 Å². The van der Waals surface area contributed by atoms with Crippen LogP contribution in [0.15, 0.2) is 36.4 Å². The Morgan fingerprint density at radius 1 is 0.525 bits per heavy atom. The summed E-state index contributed by atoms with van der Waals surface area (Å²) in [7, 11) is -2.08. The smallest absolute Gasteiger partial charge is 0.417 e. The summed E-state index contributed by atoms with van der Waals surface area (Å²) < 4.78 is 19.8. The second-order valence-electron chi connectivity index (χ2n) is 15.0. The van der Waals surface area contributed by atoms with Crippen LogP contribution in [0.4, 0.5) is 0 Å². The molecule has 2 aromatic carbocycles. The first-order chi connectivity index (χ1) is 18.2. The van der Waals surface area contributed by atoms with Gasteiger partial charge in [0, 0.05) is 22.3 Å². The van der Waals surface area contributed by atoms with Crippen molar-refractivity contribution < 1.29 is 28.9 Å². The van der Waals surface area contributed by atoms with Crippen molar-refractivity contribution in [3.05, 3.63) is 58.7 Å². The van der Waals surface area contributed by atoms with Crippen LogP contribution in [-0.4, -0.2) is 41.7 Å². The fourth-order valence-electron chi connectivity index (χ4n) is 4.33. The lowest BCUT2D eigenvalue weighted by Gasteiger charge is -2.34. The molecule has 226 valence electrons. The molecule has 0 saturated carbocycles. The summed E-state index contributed by atoms with van der Waals surface area (Å²) in [5, 5.41) is 30.0. The number of aliphatic hydroxyl groups is 3. The Labute approximate surface area is 244 Å². The van der Waals surface area contributed by atoms with Gasteiger partial charge in [0.1, 0.15) is 11.5 Å². The lowest BCUT2D eigenvalue weighted by Crippen LogP contribution is -2.38. The van der Waals surface area contributed by atoms with Gasteiger partial charge in [0.15, 0.2) is 0 Å². The Hall–Kier alpha value is -1.69. The maximum absolute atomic E-state index is 10.00. The van der Waals surface area contributed by atoms with Crippen molar-refractivity contribution in [2.24, 2.45) is 5.41 Å². The molecule has 2 aromatic rings. The maximum Gasteiger partial charge on any atom is 0.463 e. The summed E-state index contributed by atoms with van der Waals surface area (Å²) in [6, 6.07) is 12.4. The van der Waals surface area contributed by atoms with Crippen LogP contribution in [0.25, 0.3) is 0 Å². The predicted molar refractivity (Wildman–Crippen MR) is 166 cm³/mol. The Kier molecular flexibility index (Phi) is 10.9. The number of hydrogen-bond donors (Lipinski definition) is 3. The van der Waals surface area contributed by atoms with Gasteiger partial charge in [-0.25, -0.2) is 0 Å². The molecule has 0 atom stereocenters. The summed E-state index contributed by atoms with van der Waals surface area (Å²) in [6.07, 6.45) is 0. The van der Waals surface area contributed by atoms with Gasteiger partial charge in [-0.1, -0.05) is 119 Å². The van der Waals surface area contributed by atoms with Gasteiger partial charge >= 0.3 is 8.60 Å². The molecule has 0 saturated heterocycles. The average Bonchev–Trinajstić information content (AvgIpc) is 2.82. The molecule has 0 aliphatic heterocycles. The van der Waals surface area contributed by atoms with Crippen molar-refractivity contribution in [1.82, 2.24) is 0 Å². The van der Waals surface area contributed by atoms with Gasteiger partial charge in [0.25, 0.3) is 0 Å². The molecule has 2 rings (SSSR count). The second-order valence-corrected chi connectivity index (χ2v) is 16.1. The third-order valence-electron chi connectivity index (χ3n) is 7.08. The Morgan fingerprint density at radius 3 is 1.02 bits per heavy atom. The highest BCUT2D eigenvalue weighted by Crippen LogP contribution is 2.52. The van der Waals surface area contributed by atoms with Crippen LogP contribution < -0.4 is 9.05 Å². The van der Waals surface area contributed by atoms with E-state index in [1.807, 2.05) is 0 Å². The van der Waals surface area contributed by atoms with E-state index in [1.54, 1.807) is 0 Å². The minimum Gasteiger partial charge on any atom is -0.417 e. The quantitative estimate of drug-likeness (QED) is 0.253. The zero-order valence-electron chi connectivity index (χ0n) is 26.8. The van der Waals surface area contributed by atoms with Crippen LogP contribution >= 0.6 is 8.60 Å². The third kappa shape index (κ3) is 8.42. The molecule has 0 unspecified atom stereocenters. The second kappa shape index (κ2) is 12.7. The van der Waals surface area contributed by atoms with Crippen molar-refractivity contribution >= 4 is 8.60 Å². The van der Waals surface area contributed by atoms with E-state index in [9.17, 15) is 15.3 Å². The van der Waals surface area contributed by atoms with Crippen LogP contribution in [0, 0.1) is 5.41 Å². The van der Waals surface area contributed by atoms with Crippen LogP contribution in [0.2, 0.25) is 0 Å². The van der Waals surface area contributed by atoms with E-state index < -0.39 is 33.8 Å². The Bertz CT molecular complexity index is 961. The number of benzene rings is 2. The third-order valence-corrected chi connectivity index (χ3v) is 8.08. The van der Waals surface area contributed by atoms with E-state index in [0.29, 0.717) is 11.5 Å². The van der Waals surface area contributed by atoms with E-state index in [1.165, 1.54) is 0 Å². The zero-order chi connectivity index (χ0) is 30.7. The van der Waals surface area contributed by atoms with E-state index in [0.717, 1.165) is 22.3 Å². The molecule has 7 heteroatoms. The summed E-state index contributed by atoms with van der Waals surface area (Å²) >= 11 is 0. The molecule has 0 aliphatic carbocycles. The molecule has 0 fully saturated rings. The molecular formula is C33H53O6P. The molecule has 0 radical (unpaired) electrons. The van der Waals surface area contributed by atoms with Crippen molar-refractivity contribution in [3.63, 3.8) is 0 Å². The summed E-state index contributed by atoms with van der Waals surface area (Å²) in [5.74, 6) is 1.42. The summed E-state index contributed by atoms with van der Waals surface area (Å²) in [5.41, 5.74) is 1.99. The van der Waals surface area contributed by atoms with Crippen LogP contribution in [0.5, 0.6) is 11.5 Å². The standard InChI is InChI=1S/C33H53O6P/c1-29(2,3)23-15-13-16-24(30(4,5)6)27(23)38-40(37-22-33(19-34,20-35)21-36)39-28-25(31(7,8)9)17-14-18-26(28)32(10,11)12/h13-18,34-36H,19-22H2,1-12H3. The monoisotopic (exact) mass is 576 g/mol. The first-order valence-electron chi connectivity index (χ1n) is 14.1. The highest BCUT2D eigenvalue weighted by atomic mass is 31.2. The lowest BCUT2D eigenvalue weighted by molar-refractivity contribution is -0.0274. The van der Waals surface area contributed by atoms with Crippen molar-refractivity contribution in [2.45, 2.75) is 105 Å². The minimum atomic E-state index is -2.08. The van der Waals surface area contributed by atoms with E-state index >= 15 is 0 Å². The molecular weight excluding hydrogens is 523 g/mol. The van der Waals surface area contributed by atoms with Gasteiger partial charge in [0.05, 0.1) is 31.8 Å². The van der Waals surface area contributed by atoms with Gasteiger partial charge < -0.3 is 24.4 Å². The fourth-order valence-corrected chi connectivity index (χ4v) is 5.54. The topological polar surface area (TPSA) is 88.4 Å². The summed E-state index contributed by atoms with van der Waals surface area (Å²) in [6.45, 7) is 24.3. The van der Waals surface area contributed by atoms with E-state index in [4.69, 9.17) is 13.6 Å². The van der Waals surface area contributed by atoms with Crippen molar-refractivity contribution in [1.29, 1.82) is 0 Å². The molecule has 0 aromatic heterocycles. The molecule has 0 heterocycles. The fraction of sp³-hybridized carbons (Fsp3) is 0.636. The Balaban J connectivity index is 2.77. The van der Waals surface area contributed by atoms with Gasteiger partial charge in [-0.3, -0.25) is 4.52 Å². The van der Waals surface area contributed by atoms with Gasteiger partial charge in [-0.2, -0.15) is 0 Å². The van der Waals surface area contributed by atoms with Crippen molar-refractivity contribution in [2.75, 3.05) is 26.4 Å². The number of para-hydroxylation sites is 2. The van der Waals surface area contributed by atoms with Crippen LogP contribution in [0.3, 0.4) is 0 Å². The molecule has 40 heavy (non-hydrogen) atoms. The highest BCUT2D eigenvalue weighted by Gasteiger charge is 2.36. The number of aliphatic hydroxyl groups excluding tert-OH is 3. The average molecular weight is 577 g/mol. The molecule has 3 N–H and O–H groups in total. The highest BCUT2D eigenvalue weighted by molar-refractivity contribution is 7.42. The zero-order valence-corrected chi connectivity index (χ0v) is 27.7. The van der Waals surface area contributed by atoms with Gasteiger partial charge in [-0.15, -0.1) is 0 Å². The minimum absolute atomic E-state index is 0.146. The molecule has 0 spiro atoms. The largest absolute Gasteiger partial charge is 0.463 e. The number of rotatable bonds is 10.